The Morgan fingerprint density at radius 3 is 2.47 bits per heavy atom. The zero-order valence-corrected chi connectivity index (χ0v) is 11.7. The van der Waals surface area contributed by atoms with Gasteiger partial charge in [-0.3, -0.25) is 0 Å². The predicted molar refractivity (Wildman–Crippen MR) is 73.4 cm³/mol. The number of aryl methyl sites for hydroxylation is 2. The van der Waals surface area contributed by atoms with Crippen molar-refractivity contribution in [1.29, 1.82) is 0 Å². The van der Waals surface area contributed by atoms with Gasteiger partial charge >= 0.3 is 0 Å². The van der Waals surface area contributed by atoms with Crippen molar-refractivity contribution in [2.45, 2.75) is 39.7 Å². The van der Waals surface area contributed by atoms with Gasteiger partial charge in [0.2, 0.25) is 0 Å². The van der Waals surface area contributed by atoms with Crippen LogP contribution in [0.25, 0.3) is 0 Å². The molecule has 0 aliphatic carbocycles. The van der Waals surface area contributed by atoms with Crippen LogP contribution >= 0.6 is 0 Å². The van der Waals surface area contributed by atoms with E-state index in [0.29, 0.717) is 6.54 Å². The normalized spacial score (nSPS) is 12.2. The number of hydrogen-bond donors (Lipinski definition) is 1. The smallest absolute Gasteiger partial charge is 0.0718 e. The Bertz CT molecular complexity index is 366. The van der Waals surface area contributed by atoms with Crippen LogP contribution in [-0.4, -0.2) is 35.7 Å². The maximum atomic E-state index is 9.74. The fourth-order valence-corrected chi connectivity index (χ4v) is 2.12. The molecule has 0 heterocycles. The van der Waals surface area contributed by atoms with Crippen molar-refractivity contribution in [3.8, 4) is 0 Å². The van der Waals surface area contributed by atoms with E-state index in [0.717, 1.165) is 13.0 Å². The quantitative estimate of drug-likeness (QED) is 0.848. The molecule has 0 aliphatic heterocycles. The van der Waals surface area contributed by atoms with Gasteiger partial charge in [-0.1, -0.05) is 23.8 Å². The van der Waals surface area contributed by atoms with Crippen LogP contribution in [0.5, 0.6) is 0 Å². The first-order chi connectivity index (χ1) is 7.78. The lowest BCUT2D eigenvalue weighted by atomic mass is 10.0. The van der Waals surface area contributed by atoms with Crippen molar-refractivity contribution in [2.24, 2.45) is 0 Å². The SMILES string of the molecule is Cc1ccc(C)c(CCN(C)CC(C)(C)O)c1. The monoisotopic (exact) mass is 235 g/mol. The molecule has 1 N–H and O–H groups in total. The second kappa shape index (κ2) is 5.65. The summed E-state index contributed by atoms with van der Waals surface area (Å²) in [5, 5.41) is 9.74. The highest BCUT2D eigenvalue weighted by molar-refractivity contribution is 5.30. The summed E-state index contributed by atoms with van der Waals surface area (Å²) in [4.78, 5) is 2.18. The third kappa shape index (κ3) is 5.33. The molecule has 0 amide bonds. The van der Waals surface area contributed by atoms with E-state index in [2.05, 4.69) is 44.0 Å². The highest BCUT2D eigenvalue weighted by Crippen LogP contribution is 2.12. The van der Waals surface area contributed by atoms with Gasteiger partial charge in [0.25, 0.3) is 0 Å². The molecule has 0 bridgehead atoms. The Morgan fingerprint density at radius 2 is 1.88 bits per heavy atom. The maximum Gasteiger partial charge on any atom is 0.0718 e. The van der Waals surface area contributed by atoms with Gasteiger partial charge in [0.05, 0.1) is 5.60 Å². The summed E-state index contributed by atoms with van der Waals surface area (Å²) in [6.45, 7) is 9.67. The van der Waals surface area contributed by atoms with Crippen molar-refractivity contribution >= 4 is 0 Å². The van der Waals surface area contributed by atoms with Gasteiger partial charge in [-0.25, -0.2) is 0 Å². The van der Waals surface area contributed by atoms with Crippen LogP contribution in [0.15, 0.2) is 18.2 Å². The highest BCUT2D eigenvalue weighted by atomic mass is 16.3. The Hall–Kier alpha value is -0.860. The van der Waals surface area contributed by atoms with Gasteiger partial charge < -0.3 is 10.0 Å². The minimum atomic E-state index is -0.615. The number of likely N-dealkylation sites (N-methyl/N-ethyl adjacent to an activating group) is 1. The molecular formula is C15H25NO. The topological polar surface area (TPSA) is 23.5 Å². The molecule has 0 atom stereocenters. The first kappa shape index (κ1) is 14.2. The molecule has 0 radical (unpaired) electrons. The average Bonchev–Trinajstić information content (AvgIpc) is 2.17. The Kier molecular flexibility index (Phi) is 4.72. The molecule has 2 heteroatoms. The van der Waals surface area contributed by atoms with Crippen LogP contribution in [0.4, 0.5) is 0 Å². The van der Waals surface area contributed by atoms with Crippen LogP contribution in [-0.2, 0) is 6.42 Å². The molecule has 0 fully saturated rings. The Balaban J connectivity index is 2.53. The highest BCUT2D eigenvalue weighted by Gasteiger charge is 2.15. The van der Waals surface area contributed by atoms with Gasteiger partial charge in [-0.05, 0) is 52.3 Å². The lowest BCUT2D eigenvalue weighted by Gasteiger charge is -2.25. The number of nitrogens with zero attached hydrogens (tertiary/aromatic N) is 1. The molecule has 1 aromatic rings. The number of hydrogen-bond acceptors (Lipinski definition) is 2. The summed E-state index contributed by atoms with van der Waals surface area (Å²) < 4.78 is 0. The first-order valence-electron chi connectivity index (χ1n) is 6.25. The summed E-state index contributed by atoms with van der Waals surface area (Å²) in [5.74, 6) is 0. The van der Waals surface area contributed by atoms with Gasteiger partial charge in [0, 0.05) is 13.1 Å². The fourth-order valence-electron chi connectivity index (χ4n) is 2.12. The molecule has 1 rings (SSSR count). The molecule has 1 aromatic carbocycles. The summed E-state index contributed by atoms with van der Waals surface area (Å²) in [6.07, 6.45) is 1.04. The second-order valence-corrected chi connectivity index (χ2v) is 5.73. The predicted octanol–water partition coefficient (Wildman–Crippen LogP) is 2.55. The molecule has 0 spiro atoms. The van der Waals surface area contributed by atoms with E-state index in [1.807, 2.05) is 13.8 Å². The standard InChI is InChI=1S/C15H25NO/c1-12-6-7-13(2)14(10-12)8-9-16(5)11-15(3,4)17/h6-7,10,17H,8-9,11H2,1-5H3. The van der Waals surface area contributed by atoms with E-state index >= 15 is 0 Å². The second-order valence-electron chi connectivity index (χ2n) is 5.73. The van der Waals surface area contributed by atoms with Crippen LogP contribution in [0, 0.1) is 13.8 Å². The zero-order valence-electron chi connectivity index (χ0n) is 11.7. The molecule has 0 aliphatic rings. The minimum Gasteiger partial charge on any atom is -0.389 e. The Labute approximate surface area is 105 Å². The van der Waals surface area contributed by atoms with Gasteiger partial charge in [0.15, 0.2) is 0 Å². The molecule has 0 aromatic heterocycles. The van der Waals surface area contributed by atoms with E-state index in [-0.39, 0.29) is 0 Å². The molecule has 0 saturated heterocycles. The van der Waals surface area contributed by atoms with E-state index in [1.54, 1.807) is 0 Å². The van der Waals surface area contributed by atoms with Crippen molar-refractivity contribution in [2.75, 3.05) is 20.1 Å². The maximum absolute atomic E-state index is 9.74. The lowest BCUT2D eigenvalue weighted by Crippen LogP contribution is -2.37. The average molecular weight is 235 g/mol. The number of aliphatic hydroxyl groups is 1. The van der Waals surface area contributed by atoms with E-state index in [4.69, 9.17) is 0 Å². The summed E-state index contributed by atoms with van der Waals surface area (Å²) >= 11 is 0. The lowest BCUT2D eigenvalue weighted by molar-refractivity contribution is 0.0450. The van der Waals surface area contributed by atoms with Crippen molar-refractivity contribution in [3.05, 3.63) is 34.9 Å². The van der Waals surface area contributed by atoms with Crippen LogP contribution in [0.2, 0.25) is 0 Å². The number of benzene rings is 1. The van der Waals surface area contributed by atoms with E-state index in [1.165, 1.54) is 16.7 Å². The molecule has 96 valence electrons. The zero-order chi connectivity index (χ0) is 13.1. The minimum absolute atomic E-state index is 0.615. The summed E-state index contributed by atoms with van der Waals surface area (Å²) in [5.41, 5.74) is 3.46. The Morgan fingerprint density at radius 1 is 1.24 bits per heavy atom. The summed E-state index contributed by atoms with van der Waals surface area (Å²) in [7, 11) is 2.06. The molecule has 0 unspecified atom stereocenters. The van der Waals surface area contributed by atoms with Gasteiger partial charge in [-0.15, -0.1) is 0 Å². The third-order valence-electron chi connectivity index (χ3n) is 2.92. The summed E-state index contributed by atoms with van der Waals surface area (Å²) in [6, 6.07) is 6.59. The molecular weight excluding hydrogens is 210 g/mol. The number of rotatable bonds is 5. The fraction of sp³-hybridized carbons (Fsp3) is 0.600. The van der Waals surface area contributed by atoms with Gasteiger partial charge in [-0.2, -0.15) is 0 Å². The molecule has 0 saturated carbocycles. The van der Waals surface area contributed by atoms with Crippen LogP contribution < -0.4 is 0 Å². The third-order valence-corrected chi connectivity index (χ3v) is 2.92. The molecule has 2 nitrogen and oxygen atoms in total. The van der Waals surface area contributed by atoms with Crippen LogP contribution in [0.3, 0.4) is 0 Å². The van der Waals surface area contributed by atoms with Gasteiger partial charge in [0.1, 0.15) is 0 Å². The first-order valence-corrected chi connectivity index (χ1v) is 6.25. The van der Waals surface area contributed by atoms with Crippen molar-refractivity contribution < 1.29 is 5.11 Å². The van der Waals surface area contributed by atoms with Crippen molar-refractivity contribution in [1.82, 2.24) is 4.90 Å². The molecule has 17 heavy (non-hydrogen) atoms. The van der Waals surface area contributed by atoms with Crippen LogP contribution in [0.1, 0.15) is 30.5 Å². The van der Waals surface area contributed by atoms with Crippen molar-refractivity contribution in [3.63, 3.8) is 0 Å². The van der Waals surface area contributed by atoms with E-state index in [9.17, 15) is 5.11 Å². The largest absolute Gasteiger partial charge is 0.389 e. The van der Waals surface area contributed by atoms with E-state index < -0.39 is 5.60 Å².